The Morgan fingerprint density at radius 2 is 1.82 bits per heavy atom. The average Bonchev–Trinajstić information content (AvgIpc) is 2.39. The fraction of sp³-hybridized carbons (Fsp3) is 0.714. The van der Waals surface area contributed by atoms with E-state index in [4.69, 9.17) is 5.11 Å². The first-order valence-corrected chi connectivity index (χ1v) is 3.44. The van der Waals surface area contributed by atoms with Gasteiger partial charge in [0.15, 0.2) is 0 Å². The van der Waals surface area contributed by atoms with Gasteiger partial charge in [0.05, 0.1) is 0 Å². The summed E-state index contributed by atoms with van der Waals surface area (Å²) in [5.74, 6) is -0.590. The Labute approximate surface area is 65.6 Å². The number of aliphatic carboxylic acids is 1. The van der Waals surface area contributed by atoms with E-state index in [1.54, 1.807) is 6.92 Å². The number of rotatable bonds is 1. The molecule has 0 atom stereocenters. The molecule has 0 aromatic heterocycles. The van der Waals surface area contributed by atoms with Crippen molar-refractivity contribution in [2.45, 2.75) is 32.7 Å². The normalized spacial score (nSPS) is 17.5. The van der Waals surface area contributed by atoms with Crippen LogP contribution < -0.4 is 5.32 Å². The molecule has 0 bridgehead atoms. The Hall–Kier alpha value is -1.06. The lowest BCUT2D eigenvalue weighted by Crippen LogP contribution is -1.99. The SMILES string of the molecule is CC1(C)NC1=O.CCC(=O)O. The van der Waals surface area contributed by atoms with Gasteiger partial charge in [0.1, 0.15) is 5.54 Å². The molecule has 1 saturated heterocycles. The number of carbonyl (C=O) groups is 2. The maximum atomic E-state index is 10.1. The van der Waals surface area contributed by atoms with Crippen molar-refractivity contribution in [1.29, 1.82) is 0 Å². The molecule has 11 heavy (non-hydrogen) atoms. The van der Waals surface area contributed by atoms with Crippen molar-refractivity contribution in [1.82, 2.24) is 5.32 Å². The van der Waals surface area contributed by atoms with E-state index in [-0.39, 0.29) is 17.9 Å². The molecule has 1 heterocycles. The minimum atomic E-state index is -0.745. The van der Waals surface area contributed by atoms with Gasteiger partial charge in [-0.2, -0.15) is 0 Å². The topological polar surface area (TPSA) is 76.3 Å². The molecule has 0 aliphatic carbocycles. The number of amides is 1. The minimum Gasteiger partial charge on any atom is -0.481 e. The van der Waals surface area contributed by atoms with Crippen LogP contribution in [0.15, 0.2) is 0 Å². The first-order valence-electron chi connectivity index (χ1n) is 3.44. The summed E-state index contributed by atoms with van der Waals surface area (Å²) in [5.41, 5.74) is -0.181. The lowest BCUT2D eigenvalue weighted by atomic mass is 10.2. The molecule has 1 rings (SSSR count). The maximum Gasteiger partial charge on any atom is 0.303 e. The van der Waals surface area contributed by atoms with Gasteiger partial charge in [0.25, 0.3) is 0 Å². The second-order valence-corrected chi connectivity index (χ2v) is 2.83. The summed E-state index contributed by atoms with van der Waals surface area (Å²) in [7, 11) is 0. The second kappa shape index (κ2) is 3.37. The van der Waals surface area contributed by atoms with Crippen LogP contribution in [0.5, 0.6) is 0 Å². The maximum absolute atomic E-state index is 10.1. The highest BCUT2D eigenvalue weighted by atomic mass is 16.4. The van der Waals surface area contributed by atoms with E-state index in [1.807, 2.05) is 13.8 Å². The molecule has 0 saturated carbocycles. The number of hydrogen-bond donors (Lipinski definition) is 2. The van der Waals surface area contributed by atoms with E-state index < -0.39 is 5.97 Å². The van der Waals surface area contributed by atoms with E-state index in [0.717, 1.165) is 0 Å². The Morgan fingerprint density at radius 1 is 1.64 bits per heavy atom. The van der Waals surface area contributed by atoms with Crippen molar-refractivity contribution in [2.75, 3.05) is 0 Å². The molecule has 1 aliphatic heterocycles. The Morgan fingerprint density at radius 3 is 1.82 bits per heavy atom. The van der Waals surface area contributed by atoms with E-state index in [9.17, 15) is 9.59 Å². The molecule has 64 valence electrons. The summed E-state index contributed by atoms with van der Waals surface area (Å²) >= 11 is 0. The quantitative estimate of drug-likeness (QED) is 0.543. The highest BCUT2D eigenvalue weighted by Gasteiger charge is 2.43. The Balaban J connectivity index is 0.000000187. The van der Waals surface area contributed by atoms with Crippen LogP contribution in [0.4, 0.5) is 0 Å². The second-order valence-electron chi connectivity index (χ2n) is 2.83. The lowest BCUT2D eigenvalue weighted by Gasteiger charge is -1.80. The molecular formula is C7H13NO3. The van der Waals surface area contributed by atoms with Gasteiger partial charge in [-0.15, -0.1) is 0 Å². The molecule has 4 heteroatoms. The van der Waals surface area contributed by atoms with Crippen molar-refractivity contribution in [3.63, 3.8) is 0 Å². The molecule has 1 fully saturated rings. The Kier molecular flexibility index (Phi) is 3.04. The van der Waals surface area contributed by atoms with Gasteiger partial charge in [-0.1, -0.05) is 6.92 Å². The van der Waals surface area contributed by atoms with E-state index in [1.165, 1.54) is 0 Å². The van der Waals surface area contributed by atoms with Crippen LogP contribution in [0, 0.1) is 0 Å². The van der Waals surface area contributed by atoms with E-state index in [2.05, 4.69) is 5.32 Å². The lowest BCUT2D eigenvalue weighted by molar-refractivity contribution is -0.136. The largest absolute Gasteiger partial charge is 0.481 e. The van der Waals surface area contributed by atoms with Gasteiger partial charge in [0.2, 0.25) is 5.91 Å². The highest BCUT2D eigenvalue weighted by Crippen LogP contribution is 2.14. The zero-order chi connectivity index (χ0) is 9.07. The van der Waals surface area contributed by atoms with Crippen molar-refractivity contribution in [3.8, 4) is 0 Å². The van der Waals surface area contributed by atoms with Crippen LogP contribution >= 0.6 is 0 Å². The van der Waals surface area contributed by atoms with Gasteiger partial charge in [0, 0.05) is 6.42 Å². The van der Waals surface area contributed by atoms with Crippen LogP contribution in [0.25, 0.3) is 0 Å². The summed E-state index contributed by atoms with van der Waals surface area (Å²) in [4.78, 5) is 19.5. The smallest absolute Gasteiger partial charge is 0.303 e. The van der Waals surface area contributed by atoms with Crippen molar-refractivity contribution < 1.29 is 14.7 Å². The predicted octanol–water partition coefficient (Wildman–Crippen LogP) is 0.376. The van der Waals surface area contributed by atoms with E-state index in [0.29, 0.717) is 0 Å². The number of hydrogen-bond acceptors (Lipinski definition) is 2. The van der Waals surface area contributed by atoms with Crippen LogP contribution in [0.1, 0.15) is 27.2 Å². The summed E-state index contributed by atoms with van der Waals surface area (Å²) in [6.45, 7) is 5.31. The molecule has 0 unspecified atom stereocenters. The summed E-state index contributed by atoms with van der Waals surface area (Å²) in [6.07, 6.45) is 0.222. The third-order valence-corrected chi connectivity index (χ3v) is 1.23. The van der Waals surface area contributed by atoms with Crippen LogP contribution in [0.2, 0.25) is 0 Å². The monoisotopic (exact) mass is 159 g/mol. The third-order valence-electron chi connectivity index (χ3n) is 1.23. The summed E-state index contributed by atoms with van der Waals surface area (Å²) < 4.78 is 0. The van der Waals surface area contributed by atoms with Crippen LogP contribution in [-0.4, -0.2) is 22.5 Å². The fourth-order valence-electron chi connectivity index (χ4n) is 0.253. The van der Waals surface area contributed by atoms with Crippen molar-refractivity contribution >= 4 is 11.9 Å². The van der Waals surface area contributed by atoms with Crippen LogP contribution in [0.3, 0.4) is 0 Å². The van der Waals surface area contributed by atoms with Crippen molar-refractivity contribution in [3.05, 3.63) is 0 Å². The molecular weight excluding hydrogens is 146 g/mol. The third kappa shape index (κ3) is 4.36. The first kappa shape index (κ1) is 9.94. The van der Waals surface area contributed by atoms with Gasteiger partial charge in [-0.25, -0.2) is 0 Å². The number of carboxylic acid groups (broad SMARTS) is 1. The molecule has 0 radical (unpaired) electrons. The predicted molar refractivity (Wildman–Crippen MR) is 40.1 cm³/mol. The van der Waals surface area contributed by atoms with E-state index >= 15 is 0 Å². The molecule has 0 spiro atoms. The number of carbonyl (C=O) groups excluding carboxylic acids is 1. The standard InChI is InChI=1S/C4H7NO.C3H6O2/c1-4(2)3(6)5-4;1-2-3(4)5/h1-2H3,(H,5,6);2H2,1H3,(H,4,5). The number of carboxylic acids is 1. The molecule has 1 amide bonds. The molecule has 2 N–H and O–H groups in total. The summed E-state index contributed by atoms with van der Waals surface area (Å²) in [6, 6.07) is 0. The zero-order valence-corrected chi connectivity index (χ0v) is 6.97. The van der Waals surface area contributed by atoms with Crippen LogP contribution in [-0.2, 0) is 9.59 Å². The molecule has 1 aliphatic rings. The highest BCUT2D eigenvalue weighted by molar-refractivity contribution is 6.00. The fourth-order valence-corrected chi connectivity index (χ4v) is 0.253. The zero-order valence-electron chi connectivity index (χ0n) is 6.97. The average molecular weight is 159 g/mol. The van der Waals surface area contributed by atoms with Gasteiger partial charge >= 0.3 is 5.97 Å². The van der Waals surface area contributed by atoms with Gasteiger partial charge in [-0.3, -0.25) is 9.59 Å². The van der Waals surface area contributed by atoms with Gasteiger partial charge < -0.3 is 10.4 Å². The molecule has 4 nitrogen and oxygen atoms in total. The van der Waals surface area contributed by atoms with Gasteiger partial charge in [-0.05, 0) is 13.8 Å². The minimum absolute atomic E-state index is 0.155. The first-order chi connectivity index (χ1) is 4.90. The summed E-state index contributed by atoms with van der Waals surface area (Å²) in [5, 5.41) is 10.4. The number of nitrogens with one attached hydrogen (secondary N) is 1. The molecule has 0 aromatic rings. The molecule has 0 aromatic carbocycles. The Bertz CT molecular complexity index is 175. The van der Waals surface area contributed by atoms with Crippen molar-refractivity contribution in [2.24, 2.45) is 0 Å².